The van der Waals surface area contributed by atoms with E-state index in [0.29, 0.717) is 29.5 Å². The molecule has 1 fully saturated rings. The van der Waals surface area contributed by atoms with Crippen LogP contribution in [0, 0.1) is 0 Å². The van der Waals surface area contributed by atoms with Crippen molar-refractivity contribution in [3.8, 4) is 11.5 Å². The lowest BCUT2D eigenvalue weighted by atomic mass is 10.0. The second kappa shape index (κ2) is 16.5. The van der Waals surface area contributed by atoms with Crippen LogP contribution in [-0.4, -0.2) is 68.5 Å². The zero-order valence-corrected chi connectivity index (χ0v) is 31.3. The lowest BCUT2D eigenvalue weighted by molar-refractivity contribution is -0.136. The normalized spacial score (nSPS) is 15.7. The minimum absolute atomic E-state index is 0.0538. The molecule has 1 heterocycles. The van der Waals surface area contributed by atoms with Crippen LogP contribution in [0.25, 0.3) is 10.8 Å². The van der Waals surface area contributed by atoms with Gasteiger partial charge in [0.15, 0.2) is 11.5 Å². The number of rotatable bonds is 15. The van der Waals surface area contributed by atoms with E-state index in [1.807, 2.05) is 50.2 Å². The number of carbonyl (C=O) groups is 2. The molecule has 2 N–H and O–H groups in total. The number of ether oxygens (including phenoxy) is 2. The van der Waals surface area contributed by atoms with E-state index < -0.39 is 28.0 Å². The molecule has 0 aromatic heterocycles. The zero-order valence-electron chi connectivity index (χ0n) is 30.5. The van der Waals surface area contributed by atoms with Crippen molar-refractivity contribution in [3.05, 3.63) is 102 Å². The quantitative estimate of drug-likeness (QED) is 0.147. The second-order valence-corrected chi connectivity index (χ2v) is 15.9. The topological polar surface area (TPSA) is 117 Å². The van der Waals surface area contributed by atoms with Crippen LogP contribution in [-0.2, 0) is 32.6 Å². The highest BCUT2D eigenvalue weighted by Gasteiger charge is 2.30. The summed E-state index contributed by atoms with van der Waals surface area (Å²) in [6.45, 7) is 8.00. The molecule has 1 saturated carbocycles. The van der Waals surface area contributed by atoms with Crippen LogP contribution in [0.4, 0.5) is 0 Å². The molecule has 4 aromatic rings. The third-order valence-electron chi connectivity index (χ3n) is 10.4. The monoisotopic (exact) mass is 726 g/mol. The summed E-state index contributed by atoms with van der Waals surface area (Å²) >= 11 is 0. The van der Waals surface area contributed by atoms with Crippen molar-refractivity contribution in [2.24, 2.45) is 0 Å². The Morgan fingerprint density at radius 1 is 0.865 bits per heavy atom. The molecule has 2 unspecified atom stereocenters. The minimum Gasteiger partial charge on any atom is -0.454 e. The van der Waals surface area contributed by atoms with Gasteiger partial charge < -0.3 is 19.7 Å². The number of carbonyl (C=O) groups excluding carboxylic acids is 2. The Hall–Kier alpha value is -4.45. The van der Waals surface area contributed by atoms with Crippen LogP contribution >= 0.6 is 0 Å². The maximum atomic E-state index is 13.9. The van der Waals surface area contributed by atoms with Crippen LogP contribution in [0.3, 0.4) is 0 Å². The van der Waals surface area contributed by atoms with Crippen molar-refractivity contribution in [2.45, 2.75) is 94.9 Å². The highest BCUT2D eigenvalue weighted by molar-refractivity contribution is 7.89. The lowest BCUT2D eigenvalue weighted by Gasteiger charge is -2.29. The number of nitrogens with one attached hydrogen (secondary N) is 2. The molecule has 4 aromatic carbocycles. The average Bonchev–Trinajstić information content (AvgIpc) is 3.86. The van der Waals surface area contributed by atoms with Gasteiger partial charge in [0.1, 0.15) is 6.04 Å². The van der Waals surface area contributed by atoms with Crippen LogP contribution in [0.2, 0.25) is 0 Å². The molecule has 0 radical (unpaired) electrons. The number of sulfonamides is 1. The molecule has 2 aliphatic rings. The predicted molar refractivity (Wildman–Crippen MR) is 203 cm³/mol. The maximum Gasteiger partial charge on any atom is 0.245 e. The number of likely N-dealkylation sites (N-methyl/N-ethyl adjacent to an activating group) is 1. The summed E-state index contributed by atoms with van der Waals surface area (Å²) in [6, 6.07) is 24.6. The maximum absolute atomic E-state index is 13.9. The first kappa shape index (κ1) is 37.3. The zero-order chi connectivity index (χ0) is 36.8. The Labute approximate surface area is 307 Å². The summed E-state index contributed by atoms with van der Waals surface area (Å²) in [5.74, 6) is 0.320. The fourth-order valence-corrected chi connectivity index (χ4v) is 8.37. The van der Waals surface area contributed by atoms with Crippen LogP contribution in [0.15, 0.2) is 89.8 Å². The van der Waals surface area contributed by atoms with E-state index in [1.54, 1.807) is 48.3 Å². The number of benzene rings is 4. The Kier molecular flexibility index (Phi) is 11.8. The molecule has 1 aliphatic heterocycles. The van der Waals surface area contributed by atoms with Crippen molar-refractivity contribution in [3.63, 3.8) is 0 Å². The van der Waals surface area contributed by atoms with E-state index in [2.05, 4.69) is 34.0 Å². The SMILES string of the molecule is CCN(Cc1ccc(CC(NC(=O)CC(NS(=O)(=O)c2ccc3ccccc3c2)c2ccc3c(c2)OCO3)C(=O)N(C)C(C)C)cc1)C1CCCC1. The van der Waals surface area contributed by atoms with Gasteiger partial charge in [-0.2, -0.15) is 0 Å². The Morgan fingerprint density at radius 3 is 2.27 bits per heavy atom. The summed E-state index contributed by atoms with van der Waals surface area (Å²) in [5, 5.41) is 4.66. The molecule has 0 spiro atoms. The van der Waals surface area contributed by atoms with Gasteiger partial charge in [-0.25, -0.2) is 13.1 Å². The van der Waals surface area contributed by atoms with E-state index in [0.717, 1.165) is 29.4 Å². The molecule has 1 aliphatic carbocycles. The van der Waals surface area contributed by atoms with Crippen molar-refractivity contribution in [1.29, 1.82) is 0 Å². The Balaban J connectivity index is 1.21. The van der Waals surface area contributed by atoms with Gasteiger partial charge in [0.05, 0.1) is 10.9 Å². The molecule has 10 nitrogen and oxygen atoms in total. The van der Waals surface area contributed by atoms with Crippen molar-refractivity contribution >= 4 is 32.6 Å². The molecule has 2 atom stereocenters. The standard InChI is InChI=1S/C41H50N4O6S/c1-5-45(34-12-8-9-13-34)26-30-16-14-29(15-17-30)22-37(41(47)44(4)28(2)3)42-40(46)25-36(33-19-21-38-39(24-33)51-27-50-38)43-52(48,49)35-20-18-31-10-6-7-11-32(31)23-35/h6-7,10-11,14-21,23-24,28,34,36-37,43H,5,8-9,12-13,22,25-27H2,1-4H3,(H,42,46). The molecule has 0 bridgehead atoms. The van der Waals surface area contributed by atoms with E-state index in [-0.39, 0.29) is 30.1 Å². The van der Waals surface area contributed by atoms with Crippen molar-refractivity contribution in [1.82, 2.24) is 19.8 Å². The first-order valence-electron chi connectivity index (χ1n) is 18.3. The smallest absolute Gasteiger partial charge is 0.245 e. The number of hydrogen-bond acceptors (Lipinski definition) is 7. The number of nitrogens with zero attached hydrogens (tertiary/aromatic N) is 2. The third kappa shape index (κ3) is 8.94. The highest BCUT2D eigenvalue weighted by atomic mass is 32.2. The first-order chi connectivity index (χ1) is 25.0. The van der Waals surface area contributed by atoms with Gasteiger partial charge in [-0.3, -0.25) is 14.5 Å². The number of fused-ring (bicyclic) bond motifs is 2. The average molecular weight is 727 g/mol. The van der Waals surface area contributed by atoms with Gasteiger partial charge in [0.25, 0.3) is 0 Å². The van der Waals surface area contributed by atoms with Gasteiger partial charge in [0.2, 0.25) is 28.6 Å². The lowest BCUT2D eigenvalue weighted by Crippen LogP contribution is -2.50. The van der Waals surface area contributed by atoms with Crippen LogP contribution in [0.1, 0.15) is 75.6 Å². The summed E-state index contributed by atoms with van der Waals surface area (Å²) in [4.78, 5) is 31.9. The van der Waals surface area contributed by atoms with Gasteiger partial charge in [-0.15, -0.1) is 0 Å². The molecule has 276 valence electrons. The summed E-state index contributed by atoms with van der Waals surface area (Å²) in [5.41, 5.74) is 2.67. The first-order valence-corrected chi connectivity index (χ1v) is 19.8. The van der Waals surface area contributed by atoms with Crippen LogP contribution in [0.5, 0.6) is 11.5 Å². The van der Waals surface area contributed by atoms with E-state index in [1.165, 1.54) is 31.2 Å². The molecule has 2 amide bonds. The Morgan fingerprint density at radius 2 is 1.56 bits per heavy atom. The summed E-state index contributed by atoms with van der Waals surface area (Å²) in [6.07, 6.45) is 5.12. The molecule has 11 heteroatoms. The largest absolute Gasteiger partial charge is 0.454 e. The van der Waals surface area contributed by atoms with Gasteiger partial charge in [-0.1, -0.05) is 80.4 Å². The molecule has 6 rings (SSSR count). The van der Waals surface area contributed by atoms with Gasteiger partial charge in [0, 0.05) is 38.5 Å². The van der Waals surface area contributed by atoms with E-state index >= 15 is 0 Å². The summed E-state index contributed by atoms with van der Waals surface area (Å²) in [7, 11) is -2.35. The minimum atomic E-state index is -4.08. The van der Waals surface area contributed by atoms with Gasteiger partial charge in [-0.05, 0) is 85.0 Å². The molecule has 52 heavy (non-hydrogen) atoms. The number of amides is 2. The van der Waals surface area contributed by atoms with Crippen molar-refractivity contribution < 1.29 is 27.5 Å². The molecular weight excluding hydrogens is 677 g/mol. The Bertz CT molecular complexity index is 1980. The summed E-state index contributed by atoms with van der Waals surface area (Å²) < 4.78 is 41.5. The van der Waals surface area contributed by atoms with Crippen LogP contribution < -0.4 is 19.5 Å². The highest BCUT2D eigenvalue weighted by Crippen LogP contribution is 2.35. The molecular formula is C41H50N4O6S. The predicted octanol–water partition coefficient (Wildman–Crippen LogP) is 6.34. The van der Waals surface area contributed by atoms with E-state index in [9.17, 15) is 18.0 Å². The third-order valence-corrected chi connectivity index (χ3v) is 11.8. The second-order valence-electron chi connectivity index (χ2n) is 14.2. The fourth-order valence-electron chi connectivity index (χ4n) is 7.11. The molecule has 0 saturated heterocycles. The van der Waals surface area contributed by atoms with Gasteiger partial charge >= 0.3 is 0 Å². The van der Waals surface area contributed by atoms with E-state index in [4.69, 9.17) is 9.47 Å². The number of hydrogen-bond donors (Lipinski definition) is 2. The fraction of sp³-hybridized carbons (Fsp3) is 0.415. The van der Waals surface area contributed by atoms with Crippen molar-refractivity contribution in [2.75, 3.05) is 20.4 Å².